The molecule has 35 heavy (non-hydrogen) atoms. The Morgan fingerprint density at radius 1 is 1.09 bits per heavy atom. The van der Waals surface area contributed by atoms with Gasteiger partial charge >= 0.3 is 12.1 Å². The number of hydrogen-bond acceptors (Lipinski definition) is 3. The molecule has 1 heterocycles. The van der Waals surface area contributed by atoms with Crippen LogP contribution in [-0.4, -0.2) is 29.1 Å². The Kier molecular flexibility index (Phi) is 7.67. The summed E-state index contributed by atoms with van der Waals surface area (Å²) in [6.07, 6.45) is -3.39. The highest BCUT2D eigenvalue weighted by Crippen LogP contribution is 2.40. The molecule has 0 aliphatic carbocycles. The van der Waals surface area contributed by atoms with Gasteiger partial charge in [0.25, 0.3) is 0 Å². The fraction of sp³-hybridized carbons (Fsp3) is 0.296. The first-order chi connectivity index (χ1) is 16.7. The zero-order valence-corrected chi connectivity index (χ0v) is 19.6. The molecule has 8 heteroatoms. The SMILES string of the molecule is O=C(O)C1CCCN(C(c2cccc(OCc3ccccc3)c2)c2cc(C(F)(F)F)ccc2Cl)C1. The van der Waals surface area contributed by atoms with E-state index in [2.05, 4.69) is 0 Å². The number of ether oxygens (including phenoxy) is 1. The first-order valence-electron chi connectivity index (χ1n) is 11.3. The number of piperidine rings is 1. The number of carboxylic acids is 1. The number of nitrogens with zero attached hydrogens (tertiary/aromatic N) is 1. The molecule has 0 amide bonds. The normalized spacial score (nSPS) is 17.7. The van der Waals surface area contributed by atoms with Crippen LogP contribution in [0.2, 0.25) is 5.02 Å². The largest absolute Gasteiger partial charge is 0.489 e. The summed E-state index contributed by atoms with van der Waals surface area (Å²) in [5, 5.41) is 9.78. The van der Waals surface area contributed by atoms with E-state index in [1.54, 1.807) is 24.3 Å². The predicted molar refractivity (Wildman–Crippen MR) is 127 cm³/mol. The van der Waals surface area contributed by atoms with Crippen molar-refractivity contribution in [2.24, 2.45) is 5.92 Å². The second kappa shape index (κ2) is 10.7. The third kappa shape index (κ3) is 6.16. The number of rotatable bonds is 7. The van der Waals surface area contributed by atoms with Gasteiger partial charge in [0.2, 0.25) is 0 Å². The molecule has 0 spiro atoms. The molecular formula is C27H25ClF3NO3. The van der Waals surface area contributed by atoms with Crippen molar-refractivity contribution < 1.29 is 27.8 Å². The predicted octanol–water partition coefficient (Wildman–Crippen LogP) is 6.82. The molecule has 1 aliphatic rings. The van der Waals surface area contributed by atoms with Gasteiger partial charge in [0.15, 0.2) is 0 Å². The van der Waals surface area contributed by atoms with E-state index in [4.69, 9.17) is 16.3 Å². The third-order valence-electron chi connectivity index (χ3n) is 6.21. The molecule has 4 nitrogen and oxygen atoms in total. The average Bonchev–Trinajstić information content (AvgIpc) is 2.84. The van der Waals surface area contributed by atoms with E-state index in [-0.39, 0.29) is 17.1 Å². The van der Waals surface area contributed by atoms with Crippen LogP contribution in [0.5, 0.6) is 5.75 Å². The van der Waals surface area contributed by atoms with Crippen molar-refractivity contribution in [2.45, 2.75) is 31.7 Å². The van der Waals surface area contributed by atoms with Gasteiger partial charge in [-0.1, -0.05) is 54.1 Å². The Labute approximate surface area is 206 Å². The number of hydrogen-bond donors (Lipinski definition) is 1. The Bertz CT molecular complexity index is 1170. The minimum absolute atomic E-state index is 0.191. The molecule has 184 valence electrons. The average molecular weight is 504 g/mol. The minimum Gasteiger partial charge on any atom is -0.489 e. The molecule has 0 saturated carbocycles. The standard InChI is InChI=1S/C27H25ClF3NO3/c28-24-12-11-21(27(29,30)31)15-23(24)25(32-13-5-9-20(16-32)26(33)34)19-8-4-10-22(14-19)35-17-18-6-2-1-3-7-18/h1-4,6-8,10-12,14-15,20,25H,5,9,13,16-17H2,(H,33,34). The van der Waals surface area contributed by atoms with Crippen molar-refractivity contribution >= 4 is 17.6 Å². The van der Waals surface area contributed by atoms with Gasteiger partial charge in [0, 0.05) is 11.6 Å². The first-order valence-corrected chi connectivity index (χ1v) is 11.7. The van der Waals surface area contributed by atoms with Gasteiger partial charge in [-0.2, -0.15) is 13.2 Å². The molecule has 1 fully saturated rings. The van der Waals surface area contributed by atoms with Crippen LogP contribution < -0.4 is 4.74 Å². The third-order valence-corrected chi connectivity index (χ3v) is 6.55. The number of aliphatic carboxylic acids is 1. The molecule has 4 rings (SSSR count). The van der Waals surface area contributed by atoms with Crippen LogP contribution in [0, 0.1) is 5.92 Å². The van der Waals surface area contributed by atoms with E-state index in [0.29, 0.717) is 37.3 Å². The van der Waals surface area contributed by atoms with E-state index < -0.39 is 29.7 Å². The monoisotopic (exact) mass is 503 g/mol. The maximum absolute atomic E-state index is 13.5. The maximum atomic E-state index is 13.5. The Hall–Kier alpha value is -3.03. The second-order valence-electron chi connectivity index (χ2n) is 8.66. The second-order valence-corrected chi connectivity index (χ2v) is 9.06. The summed E-state index contributed by atoms with van der Waals surface area (Å²) in [6.45, 7) is 1.09. The number of alkyl halides is 3. The molecule has 2 atom stereocenters. The molecule has 0 bridgehead atoms. The van der Waals surface area contributed by atoms with E-state index in [9.17, 15) is 23.1 Å². The van der Waals surface area contributed by atoms with Gasteiger partial charge in [-0.05, 0) is 66.4 Å². The van der Waals surface area contributed by atoms with Crippen molar-refractivity contribution in [3.05, 3.63) is 100 Å². The molecule has 0 radical (unpaired) electrons. The number of benzene rings is 3. The molecule has 1 aliphatic heterocycles. The molecule has 2 unspecified atom stereocenters. The van der Waals surface area contributed by atoms with Gasteiger partial charge < -0.3 is 9.84 Å². The lowest BCUT2D eigenvalue weighted by atomic mass is 9.90. The summed E-state index contributed by atoms with van der Waals surface area (Å²) >= 11 is 6.45. The highest BCUT2D eigenvalue weighted by Gasteiger charge is 2.35. The molecule has 1 saturated heterocycles. The van der Waals surface area contributed by atoms with Crippen LogP contribution in [0.4, 0.5) is 13.2 Å². The van der Waals surface area contributed by atoms with Crippen LogP contribution in [0.1, 0.15) is 41.1 Å². The molecule has 3 aromatic carbocycles. The quantitative estimate of drug-likeness (QED) is 0.384. The van der Waals surface area contributed by atoms with Crippen LogP contribution in [0.3, 0.4) is 0 Å². The molecule has 3 aromatic rings. The van der Waals surface area contributed by atoms with Crippen molar-refractivity contribution in [3.8, 4) is 5.75 Å². The summed E-state index contributed by atoms with van der Waals surface area (Å²) in [4.78, 5) is 13.6. The summed E-state index contributed by atoms with van der Waals surface area (Å²) in [6, 6.07) is 19.4. The zero-order valence-electron chi connectivity index (χ0n) is 18.8. The molecular weight excluding hydrogens is 479 g/mol. The lowest BCUT2D eigenvalue weighted by Crippen LogP contribution is -2.41. The zero-order chi connectivity index (χ0) is 25.0. The number of carbonyl (C=O) groups is 1. The maximum Gasteiger partial charge on any atom is 0.416 e. The summed E-state index contributed by atoms with van der Waals surface area (Å²) in [5.74, 6) is -0.955. The van der Waals surface area contributed by atoms with Gasteiger partial charge in [0.1, 0.15) is 12.4 Å². The lowest BCUT2D eigenvalue weighted by molar-refractivity contribution is -0.143. The van der Waals surface area contributed by atoms with Gasteiger partial charge in [-0.15, -0.1) is 0 Å². The smallest absolute Gasteiger partial charge is 0.416 e. The van der Waals surface area contributed by atoms with Gasteiger partial charge in [-0.3, -0.25) is 9.69 Å². The van der Waals surface area contributed by atoms with Crippen molar-refractivity contribution in [3.63, 3.8) is 0 Å². The Balaban J connectivity index is 1.72. The fourth-order valence-corrected chi connectivity index (χ4v) is 4.70. The number of likely N-dealkylation sites (tertiary alicyclic amines) is 1. The summed E-state index contributed by atoms with van der Waals surface area (Å²) in [5.41, 5.74) is 1.15. The minimum atomic E-state index is -4.53. The van der Waals surface area contributed by atoms with Crippen molar-refractivity contribution in [2.75, 3.05) is 13.1 Å². The van der Waals surface area contributed by atoms with Crippen molar-refractivity contribution in [1.82, 2.24) is 4.90 Å². The summed E-state index contributed by atoms with van der Waals surface area (Å²) < 4.78 is 46.6. The molecule has 0 aromatic heterocycles. The van der Waals surface area contributed by atoms with E-state index in [0.717, 1.165) is 17.7 Å². The molecule has 1 N–H and O–H groups in total. The highest BCUT2D eigenvalue weighted by atomic mass is 35.5. The number of halogens is 4. The fourth-order valence-electron chi connectivity index (χ4n) is 4.47. The summed E-state index contributed by atoms with van der Waals surface area (Å²) in [7, 11) is 0. The Morgan fingerprint density at radius 3 is 2.57 bits per heavy atom. The van der Waals surface area contributed by atoms with E-state index in [1.807, 2.05) is 35.2 Å². The van der Waals surface area contributed by atoms with Crippen molar-refractivity contribution in [1.29, 1.82) is 0 Å². The van der Waals surface area contributed by atoms with Crippen LogP contribution >= 0.6 is 11.6 Å². The van der Waals surface area contributed by atoms with Gasteiger partial charge in [-0.25, -0.2) is 0 Å². The lowest BCUT2D eigenvalue weighted by Gasteiger charge is -2.38. The first kappa shape index (κ1) is 25.1. The van der Waals surface area contributed by atoms with Gasteiger partial charge in [0.05, 0.1) is 17.5 Å². The highest BCUT2D eigenvalue weighted by molar-refractivity contribution is 6.31. The topological polar surface area (TPSA) is 49.8 Å². The number of carboxylic acid groups (broad SMARTS) is 1. The van der Waals surface area contributed by atoms with E-state index in [1.165, 1.54) is 6.07 Å². The van der Waals surface area contributed by atoms with Crippen LogP contribution in [-0.2, 0) is 17.6 Å². The van der Waals surface area contributed by atoms with Crippen LogP contribution in [0.15, 0.2) is 72.8 Å². The van der Waals surface area contributed by atoms with E-state index >= 15 is 0 Å². The van der Waals surface area contributed by atoms with Crippen LogP contribution in [0.25, 0.3) is 0 Å². The Morgan fingerprint density at radius 2 is 1.86 bits per heavy atom.